The Labute approximate surface area is 134 Å². The minimum absolute atomic E-state index is 0.448. The molecular weight excluding hydrogens is 284 g/mol. The van der Waals surface area contributed by atoms with Crippen LogP contribution in [0.15, 0.2) is 18.2 Å². The Morgan fingerprint density at radius 1 is 0.952 bits per heavy atom. The highest BCUT2D eigenvalue weighted by molar-refractivity contribution is 6.17. The number of halogens is 1. The molecule has 0 saturated heterocycles. The van der Waals surface area contributed by atoms with Crippen LogP contribution in [-0.4, -0.2) is 13.7 Å². The van der Waals surface area contributed by atoms with E-state index in [1.54, 1.807) is 7.11 Å². The van der Waals surface area contributed by atoms with Gasteiger partial charge in [0.05, 0.1) is 19.6 Å². The standard InChI is InChI=1S/C18H29ClO2/c1-3-4-5-6-7-8-9-10-13-21-18-12-11-17(20-2)14-16(18)15-19/h11-12,14H,3-10,13,15H2,1-2H3. The molecule has 0 radical (unpaired) electrons. The second-order valence-electron chi connectivity index (χ2n) is 5.43. The van der Waals surface area contributed by atoms with Crippen LogP contribution < -0.4 is 9.47 Å². The van der Waals surface area contributed by atoms with E-state index in [9.17, 15) is 0 Å². The first-order valence-corrected chi connectivity index (χ1v) is 8.71. The maximum Gasteiger partial charge on any atom is 0.123 e. The van der Waals surface area contributed by atoms with Crippen molar-refractivity contribution in [2.24, 2.45) is 0 Å². The molecule has 3 heteroatoms. The summed E-state index contributed by atoms with van der Waals surface area (Å²) in [4.78, 5) is 0. The second-order valence-corrected chi connectivity index (χ2v) is 5.70. The third-order valence-electron chi connectivity index (χ3n) is 3.67. The van der Waals surface area contributed by atoms with E-state index in [2.05, 4.69) is 6.92 Å². The quantitative estimate of drug-likeness (QED) is 0.350. The number of unbranched alkanes of at least 4 members (excludes halogenated alkanes) is 7. The summed E-state index contributed by atoms with van der Waals surface area (Å²) in [6.07, 6.45) is 10.5. The van der Waals surface area contributed by atoms with Gasteiger partial charge >= 0.3 is 0 Å². The zero-order chi connectivity index (χ0) is 15.3. The van der Waals surface area contributed by atoms with Gasteiger partial charge in [-0.3, -0.25) is 0 Å². The molecule has 0 unspecified atom stereocenters. The Bertz CT molecular complexity index is 379. The molecule has 0 amide bonds. The zero-order valence-electron chi connectivity index (χ0n) is 13.5. The smallest absolute Gasteiger partial charge is 0.123 e. The minimum atomic E-state index is 0.448. The van der Waals surface area contributed by atoms with Gasteiger partial charge in [0.25, 0.3) is 0 Å². The first-order chi connectivity index (χ1) is 10.3. The van der Waals surface area contributed by atoms with Gasteiger partial charge in [-0.25, -0.2) is 0 Å². The molecule has 0 aliphatic heterocycles. The normalized spacial score (nSPS) is 10.6. The van der Waals surface area contributed by atoms with Crippen molar-refractivity contribution in [3.05, 3.63) is 23.8 Å². The van der Waals surface area contributed by atoms with Crippen molar-refractivity contribution < 1.29 is 9.47 Å². The second kappa shape index (κ2) is 11.7. The molecule has 0 heterocycles. The van der Waals surface area contributed by atoms with Crippen molar-refractivity contribution >= 4 is 11.6 Å². The third-order valence-corrected chi connectivity index (χ3v) is 3.96. The van der Waals surface area contributed by atoms with E-state index in [0.29, 0.717) is 5.88 Å². The van der Waals surface area contributed by atoms with Crippen molar-refractivity contribution in [1.82, 2.24) is 0 Å². The van der Waals surface area contributed by atoms with Crippen LogP contribution in [0, 0.1) is 0 Å². The Morgan fingerprint density at radius 2 is 1.62 bits per heavy atom. The highest BCUT2D eigenvalue weighted by Gasteiger charge is 2.04. The summed E-state index contributed by atoms with van der Waals surface area (Å²) in [7, 11) is 1.66. The number of hydrogen-bond donors (Lipinski definition) is 0. The maximum absolute atomic E-state index is 5.95. The van der Waals surface area contributed by atoms with E-state index in [-0.39, 0.29) is 0 Å². The van der Waals surface area contributed by atoms with Crippen LogP contribution in [0.4, 0.5) is 0 Å². The first-order valence-electron chi connectivity index (χ1n) is 8.17. The summed E-state index contributed by atoms with van der Waals surface area (Å²) in [5.41, 5.74) is 0.996. The number of alkyl halides is 1. The van der Waals surface area contributed by atoms with Gasteiger partial charge in [-0.2, -0.15) is 0 Å². The lowest BCUT2D eigenvalue weighted by Crippen LogP contribution is -2.00. The molecule has 1 aromatic rings. The highest BCUT2D eigenvalue weighted by Crippen LogP contribution is 2.25. The molecule has 0 fully saturated rings. The van der Waals surface area contributed by atoms with Gasteiger partial charge in [0, 0.05) is 5.56 Å². The fraction of sp³-hybridized carbons (Fsp3) is 0.667. The monoisotopic (exact) mass is 312 g/mol. The van der Waals surface area contributed by atoms with Crippen LogP contribution in [0.2, 0.25) is 0 Å². The average molecular weight is 313 g/mol. The zero-order valence-corrected chi connectivity index (χ0v) is 14.3. The fourth-order valence-corrected chi connectivity index (χ4v) is 2.55. The van der Waals surface area contributed by atoms with Gasteiger partial charge in [0.2, 0.25) is 0 Å². The van der Waals surface area contributed by atoms with E-state index in [1.807, 2.05) is 18.2 Å². The van der Waals surface area contributed by atoms with Crippen LogP contribution in [0.1, 0.15) is 63.9 Å². The molecule has 1 aromatic carbocycles. The first kappa shape index (κ1) is 18.2. The van der Waals surface area contributed by atoms with Gasteiger partial charge in [0.15, 0.2) is 0 Å². The molecule has 0 spiro atoms. The van der Waals surface area contributed by atoms with Crippen molar-refractivity contribution in [3.8, 4) is 11.5 Å². The Balaban J connectivity index is 2.15. The molecular formula is C18H29ClO2. The molecule has 0 N–H and O–H groups in total. The molecule has 0 atom stereocenters. The van der Waals surface area contributed by atoms with E-state index in [4.69, 9.17) is 21.1 Å². The molecule has 0 aliphatic carbocycles. The number of rotatable bonds is 12. The predicted molar refractivity (Wildman–Crippen MR) is 90.7 cm³/mol. The Kier molecular flexibility index (Phi) is 10.1. The van der Waals surface area contributed by atoms with E-state index >= 15 is 0 Å². The SMILES string of the molecule is CCCCCCCCCCOc1ccc(OC)cc1CCl. The van der Waals surface area contributed by atoms with E-state index in [0.717, 1.165) is 30.1 Å². The predicted octanol–water partition coefficient (Wildman–Crippen LogP) is 5.95. The van der Waals surface area contributed by atoms with Gasteiger partial charge in [-0.05, 0) is 24.6 Å². The van der Waals surface area contributed by atoms with E-state index < -0.39 is 0 Å². The third kappa shape index (κ3) is 7.61. The van der Waals surface area contributed by atoms with Crippen molar-refractivity contribution in [3.63, 3.8) is 0 Å². The average Bonchev–Trinajstić information content (AvgIpc) is 2.53. The van der Waals surface area contributed by atoms with Gasteiger partial charge in [-0.1, -0.05) is 51.9 Å². The van der Waals surface area contributed by atoms with E-state index in [1.165, 1.54) is 44.9 Å². The van der Waals surface area contributed by atoms with Crippen molar-refractivity contribution in [1.29, 1.82) is 0 Å². The van der Waals surface area contributed by atoms with Gasteiger partial charge < -0.3 is 9.47 Å². The summed E-state index contributed by atoms with van der Waals surface area (Å²) in [5.74, 6) is 2.16. The molecule has 21 heavy (non-hydrogen) atoms. The van der Waals surface area contributed by atoms with Crippen LogP contribution in [-0.2, 0) is 5.88 Å². The molecule has 0 aromatic heterocycles. The van der Waals surface area contributed by atoms with Gasteiger partial charge in [0.1, 0.15) is 11.5 Å². The highest BCUT2D eigenvalue weighted by atomic mass is 35.5. The van der Waals surface area contributed by atoms with Crippen molar-refractivity contribution in [2.75, 3.05) is 13.7 Å². The largest absolute Gasteiger partial charge is 0.497 e. The molecule has 120 valence electrons. The van der Waals surface area contributed by atoms with Crippen LogP contribution >= 0.6 is 11.6 Å². The molecule has 0 saturated carbocycles. The molecule has 0 aliphatic rings. The maximum atomic E-state index is 5.95. The molecule has 0 bridgehead atoms. The summed E-state index contributed by atoms with van der Waals surface area (Å²) in [6, 6.07) is 5.80. The summed E-state index contributed by atoms with van der Waals surface area (Å²) < 4.78 is 11.0. The van der Waals surface area contributed by atoms with Crippen LogP contribution in [0.25, 0.3) is 0 Å². The fourth-order valence-electron chi connectivity index (χ4n) is 2.35. The van der Waals surface area contributed by atoms with Crippen LogP contribution in [0.3, 0.4) is 0 Å². The number of hydrogen-bond acceptors (Lipinski definition) is 2. The van der Waals surface area contributed by atoms with Crippen LogP contribution in [0.5, 0.6) is 11.5 Å². The Morgan fingerprint density at radius 3 is 2.24 bits per heavy atom. The van der Waals surface area contributed by atoms with Crippen molar-refractivity contribution in [2.45, 2.75) is 64.2 Å². The number of ether oxygens (including phenoxy) is 2. The lowest BCUT2D eigenvalue weighted by Gasteiger charge is -2.11. The lowest BCUT2D eigenvalue weighted by atomic mass is 10.1. The Hall–Kier alpha value is -0.890. The topological polar surface area (TPSA) is 18.5 Å². The van der Waals surface area contributed by atoms with Gasteiger partial charge in [-0.15, -0.1) is 11.6 Å². The number of methoxy groups -OCH3 is 1. The molecule has 2 nitrogen and oxygen atoms in total. The summed E-state index contributed by atoms with van der Waals surface area (Å²) in [6.45, 7) is 3.02. The summed E-state index contributed by atoms with van der Waals surface area (Å²) in [5, 5.41) is 0. The number of benzene rings is 1. The lowest BCUT2D eigenvalue weighted by molar-refractivity contribution is 0.301. The summed E-state index contributed by atoms with van der Waals surface area (Å²) >= 11 is 5.95. The molecule has 1 rings (SSSR count). The minimum Gasteiger partial charge on any atom is -0.497 e.